The molecule has 0 saturated carbocycles. The minimum atomic E-state index is -0.00497. The largest absolute Gasteiger partial charge is 0.424 e. The van der Waals surface area contributed by atoms with Crippen LogP contribution in [0.15, 0.2) is 65.7 Å². The van der Waals surface area contributed by atoms with Crippen LogP contribution in [0.4, 0.5) is 0 Å². The lowest BCUT2D eigenvalue weighted by Gasteiger charge is -2.09. The van der Waals surface area contributed by atoms with Crippen LogP contribution in [-0.2, 0) is 11.4 Å². The van der Waals surface area contributed by atoms with E-state index in [1.54, 1.807) is 18.3 Å². The summed E-state index contributed by atoms with van der Waals surface area (Å²) in [5.41, 5.74) is 3.52. The maximum Gasteiger partial charge on any atom is 0.330 e. The molecule has 0 aliphatic carbocycles. The molecule has 2 rings (SSSR count). The van der Waals surface area contributed by atoms with Crippen molar-refractivity contribution in [2.45, 2.75) is 6.61 Å². The van der Waals surface area contributed by atoms with Crippen LogP contribution < -0.4 is 10.2 Å². The van der Waals surface area contributed by atoms with Crippen LogP contribution >= 0.6 is 0 Å². The van der Waals surface area contributed by atoms with Gasteiger partial charge in [-0.3, -0.25) is 4.84 Å². The number of hydrogen-bond donors (Lipinski definition) is 1. The normalized spacial score (nSPS) is 10.7. The average Bonchev–Trinajstić information content (AvgIpc) is 2.49. The van der Waals surface area contributed by atoms with Crippen molar-refractivity contribution in [3.05, 3.63) is 66.2 Å². The topological polar surface area (TPSA) is 66.6 Å². The summed E-state index contributed by atoms with van der Waals surface area (Å²) in [6, 6.07) is 18.7. The number of para-hydroxylation sites is 1. The predicted octanol–water partition coefficient (Wildman–Crippen LogP) is 2.62. The lowest BCUT2D eigenvalue weighted by molar-refractivity contribution is 0.0609. The fraction of sp³-hybridized carbons (Fsp3) is 0.0667. The van der Waals surface area contributed by atoms with Crippen LogP contribution in [0.25, 0.3) is 0 Å². The molecule has 20 heavy (non-hydrogen) atoms. The van der Waals surface area contributed by atoms with Crippen LogP contribution in [0.1, 0.15) is 5.56 Å². The first kappa shape index (κ1) is 13.6. The highest BCUT2D eigenvalue weighted by Gasteiger charge is 2.02. The lowest BCUT2D eigenvalue weighted by atomic mass is 10.2. The van der Waals surface area contributed by atoms with Gasteiger partial charge in [0.2, 0.25) is 6.19 Å². The number of nitrogens with zero attached hydrogens (tertiary/aromatic N) is 2. The number of benzene rings is 2. The molecular formula is C15H13N3O2. The number of amidine groups is 1. The standard InChI is InChI=1S/C15H13N3O2/c16-12-17-15(20-14-9-5-2-6-10-14)18-19-11-13-7-3-1-4-8-13/h1-10H,11H2,(H,17,18). The fourth-order valence-corrected chi connectivity index (χ4v) is 1.47. The summed E-state index contributed by atoms with van der Waals surface area (Å²) in [5.74, 6) is 0.567. The van der Waals surface area contributed by atoms with E-state index in [0.717, 1.165) is 5.56 Å². The highest BCUT2D eigenvalue weighted by Crippen LogP contribution is 2.08. The second kappa shape index (κ2) is 7.56. The van der Waals surface area contributed by atoms with Crippen molar-refractivity contribution in [1.29, 1.82) is 5.26 Å². The first-order valence-electron chi connectivity index (χ1n) is 6.00. The molecule has 0 atom stereocenters. The van der Waals surface area contributed by atoms with Gasteiger partial charge < -0.3 is 4.74 Å². The Bertz CT molecular complexity index is 592. The van der Waals surface area contributed by atoms with E-state index < -0.39 is 0 Å². The number of nitrogens with one attached hydrogen (secondary N) is 1. The monoisotopic (exact) mass is 267 g/mol. The van der Waals surface area contributed by atoms with Crippen LogP contribution in [0.2, 0.25) is 0 Å². The van der Waals surface area contributed by atoms with Crippen LogP contribution in [0.5, 0.6) is 5.75 Å². The smallest absolute Gasteiger partial charge is 0.330 e. The molecule has 0 aliphatic rings. The quantitative estimate of drug-likeness (QED) is 0.400. The summed E-state index contributed by atoms with van der Waals surface area (Å²) in [6.45, 7) is 0.337. The summed E-state index contributed by atoms with van der Waals surface area (Å²) < 4.78 is 5.38. The maximum absolute atomic E-state index is 8.62. The number of aliphatic imine (C=N–C) groups is 1. The number of rotatable bonds is 4. The third kappa shape index (κ3) is 4.44. The molecule has 0 aliphatic heterocycles. The second-order valence-corrected chi connectivity index (χ2v) is 3.81. The van der Waals surface area contributed by atoms with Crippen molar-refractivity contribution >= 4 is 6.02 Å². The molecule has 100 valence electrons. The zero-order chi connectivity index (χ0) is 14.0. The number of hydrogen-bond acceptors (Lipinski definition) is 4. The lowest BCUT2D eigenvalue weighted by Crippen LogP contribution is -2.28. The SMILES string of the molecule is N#CN=C(NOCc1ccccc1)Oc1ccccc1. The summed E-state index contributed by atoms with van der Waals surface area (Å²) >= 11 is 0. The molecule has 1 N–H and O–H groups in total. The molecule has 0 bridgehead atoms. The molecule has 0 radical (unpaired) electrons. The highest BCUT2D eigenvalue weighted by atomic mass is 16.7. The van der Waals surface area contributed by atoms with E-state index in [9.17, 15) is 0 Å². The Morgan fingerprint density at radius 3 is 2.35 bits per heavy atom. The number of hydroxylamine groups is 1. The van der Waals surface area contributed by atoms with Gasteiger partial charge >= 0.3 is 6.02 Å². The Morgan fingerprint density at radius 2 is 1.70 bits per heavy atom. The van der Waals surface area contributed by atoms with Gasteiger partial charge in [-0.15, -0.1) is 4.99 Å². The van der Waals surface area contributed by atoms with Crippen molar-refractivity contribution in [3.8, 4) is 11.9 Å². The van der Waals surface area contributed by atoms with Crippen molar-refractivity contribution in [1.82, 2.24) is 5.48 Å². The van der Waals surface area contributed by atoms with Crippen LogP contribution in [0.3, 0.4) is 0 Å². The first-order chi connectivity index (χ1) is 9.88. The molecule has 5 nitrogen and oxygen atoms in total. The minimum absolute atomic E-state index is 0.00497. The van der Waals surface area contributed by atoms with Crippen molar-refractivity contribution in [2.75, 3.05) is 0 Å². The van der Waals surface area contributed by atoms with Crippen molar-refractivity contribution < 1.29 is 9.57 Å². The van der Waals surface area contributed by atoms with E-state index >= 15 is 0 Å². The molecule has 0 amide bonds. The number of nitriles is 1. The van der Waals surface area contributed by atoms with Gasteiger partial charge in [0.05, 0.1) is 6.61 Å². The molecule has 0 heterocycles. The van der Waals surface area contributed by atoms with Crippen LogP contribution in [0, 0.1) is 11.5 Å². The predicted molar refractivity (Wildman–Crippen MR) is 74.5 cm³/mol. The van der Waals surface area contributed by atoms with E-state index in [1.807, 2.05) is 48.5 Å². The minimum Gasteiger partial charge on any atom is -0.424 e. The zero-order valence-electron chi connectivity index (χ0n) is 10.7. The van der Waals surface area contributed by atoms with Gasteiger partial charge in [-0.25, -0.2) is 5.48 Å². The first-order valence-corrected chi connectivity index (χ1v) is 6.00. The molecular weight excluding hydrogens is 254 g/mol. The van der Waals surface area contributed by atoms with Crippen molar-refractivity contribution in [2.24, 2.45) is 4.99 Å². The highest BCUT2D eigenvalue weighted by molar-refractivity contribution is 5.75. The Hall–Kier alpha value is -2.84. The third-order valence-electron chi connectivity index (χ3n) is 2.35. The van der Waals surface area contributed by atoms with E-state index in [0.29, 0.717) is 12.4 Å². The fourth-order valence-electron chi connectivity index (χ4n) is 1.47. The molecule has 0 aromatic heterocycles. The summed E-state index contributed by atoms with van der Waals surface area (Å²) in [7, 11) is 0. The Morgan fingerprint density at radius 1 is 1.05 bits per heavy atom. The van der Waals surface area contributed by atoms with E-state index in [4.69, 9.17) is 14.8 Å². The second-order valence-electron chi connectivity index (χ2n) is 3.81. The number of ether oxygens (including phenoxy) is 1. The Balaban J connectivity index is 1.88. The van der Waals surface area contributed by atoms with Gasteiger partial charge in [0, 0.05) is 0 Å². The van der Waals surface area contributed by atoms with Gasteiger partial charge in [-0.05, 0) is 17.7 Å². The average molecular weight is 267 g/mol. The van der Waals surface area contributed by atoms with E-state index in [2.05, 4.69) is 10.5 Å². The molecule has 0 saturated heterocycles. The van der Waals surface area contributed by atoms with Crippen molar-refractivity contribution in [3.63, 3.8) is 0 Å². The van der Waals surface area contributed by atoms with Gasteiger partial charge in [0.25, 0.3) is 0 Å². The summed E-state index contributed by atoms with van der Waals surface area (Å²) in [4.78, 5) is 8.76. The van der Waals surface area contributed by atoms with E-state index in [-0.39, 0.29) is 6.02 Å². The molecule has 0 spiro atoms. The molecule has 0 unspecified atom stereocenters. The Labute approximate surface area is 117 Å². The summed E-state index contributed by atoms with van der Waals surface area (Å²) in [5, 5.41) is 8.62. The molecule has 0 fully saturated rings. The third-order valence-corrected chi connectivity index (χ3v) is 2.35. The Kier molecular flexibility index (Phi) is 5.14. The van der Waals surface area contributed by atoms with Gasteiger partial charge in [0.1, 0.15) is 5.75 Å². The molecule has 2 aromatic rings. The maximum atomic E-state index is 8.62. The van der Waals surface area contributed by atoms with Gasteiger partial charge in [-0.2, -0.15) is 5.26 Å². The van der Waals surface area contributed by atoms with Gasteiger partial charge in [0.15, 0.2) is 0 Å². The van der Waals surface area contributed by atoms with E-state index in [1.165, 1.54) is 0 Å². The van der Waals surface area contributed by atoms with Crippen LogP contribution in [-0.4, -0.2) is 6.02 Å². The molecule has 5 heteroatoms. The van der Waals surface area contributed by atoms with Gasteiger partial charge in [-0.1, -0.05) is 48.5 Å². The molecule has 2 aromatic carbocycles. The summed E-state index contributed by atoms with van der Waals surface area (Å²) in [6.07, 6.45) is 1.66. The zero-order valence-corrected chi connectivity index (χ0v) is 10.7.